The van der Waals surface area contributed by atoms with Crippen molar-refractivity contribution in [3.63, 3.8) is 0 Å². The SMILES string of the molecule is O=C(O)[C@H]1COC2(CCN(C(=O)c3ccco3)CC2)N1C(=O)c1ccccc1. The second kappa shape index (κ2) is 7.12. The van der Waals surface area contributed by atoms with E-state index in [1.807, 2.05) is 0 Å². The third-order valence-electron chi connectivity index (χ3n) is 5.35. The molecule has 0 radical (unpaired) electrons. The summed E-state index contributed by atoms with van der Waals surface area (Å²) < 4.78 is 11.1. The van der Waals surface area contributed by atoms with Gasteiger partial charge in [-0.1, -0.05) is 18.2 Å². The number of aliphatic carboxylic acids is 1. The Bertz CT molecular complexity index is 871. The lowest BCUT2D eigenvalue weighted by Gasteiger charge is -2.44. The summed E-state index contributed by atoms with van der Waals surface area (Å²) in [7, 11) is 0. The third-order valence-corrected chi connectivity index (χ3v) is 5.35. The minimum absolute atomic E-state index is 0.0694. The standard InChI is InChI=1S/C20H20N2O6/c23-17(14-5-2-1-3-6-14)22-15(19(25)26)13-28-20(22)8-10-21(11-9-20)18(24)16-7-4-12-27-16/h1-7,12,15H,8-11,13H2,(H,25,26)/t15-/m1/s1. The van der Waals surface area contributed by atoms with Crippen molar-refractivity contribution in [3.05, 3.63) is 60.1 Å². The first-order valence-electron chi connectivity index (χ1n) is 9.10. The van der Waals surface area contributed by atoms with Crippen molar-refractivity contribution >= 4 is 17.8 Å². The second-order valence-electron chi connectivity index (χ2n) is 6.92. The molecule has 0 saturated carbocycles. The monoisotopic (exact) mass is 384 g/mol. The highest BCUT2D eigenvalue weighted by Gasteiger charge is 2.54. The van der Waals surface area contributed by atoms with Gasteiger partial charge in [-0.15, -0.1) is 0 Å². The van der Waals surface area contributed by atoms with Crippen LogP contribution in [0.25, 0.3) is 0 Å². The number of rotatable bonds is 3. The van der Waals surface area contributed by atoms with E-state index >= 15 is 0 Å². The van der Waals surface area contributed by atoms with Crippen LogP contribution in [0, 0.1) is 0 Å². The average molecular weight is 384 g/mol. The lowest BCUT2D eigenvalue weighted by molar-refractivity contribution is -0.143. The van der Waals surface area contributed by atoms with E-state index in [0.29, 0.717) is 31.5 Å². The van der Waals surface area contributed by atoms with Crippen LogP contribution in [-0.4, -0.2) is 64.2 Å². The van der Waals surface area contributed by atoms with Crippen molar-refractivity contribution in [1.29, 1.82) is 0 Å². The zero-order valence-electron chi connectivity index (χ0n) is 15.1. The molecule has 4 rings (SSSR count). The van der Waals surface area contributed by atoms with Crippen LogP contribution in [0.4, 0.5) is 0 Å². The number of furan rings is 1. The first-order valence-corrected chi connectivity index (χ1v) is 9.10. The molecule has 2 aliphatic rings. The predicted octanol–water partition coefficient (Wildman–Crippen LogP) is 1.84. The van der Waals surface area contributed by atoms with Crippen molar-refractivity contribution in [2.75, 3.05) is 19.7 Å². The maximum Gasteiger partial charge on any atom is 0.328 e. The van der Waals surface area contributed by atoms with E-state index in [-0.39, 0.29) is 24.2 Å². The number of nitrogens with zero attached hydrogens (tertiary/aromatic N) is 2. The predicted molar refractivity (Wildman–Crippen MR) is 96.6 cm³/mol. The molecule has 1 aromatic heterocycles. The van der Waals surface area contributed by atoms with E-state index in [9.17, 15) is 19.5 Å². The topological polar surface area (TPSA) is 100 Å². The van der Waals surface area contributed by atoms with Crippen molar-refractivity contribution in [2.24, 2.45) is 0 Å². The number of amides is 2. The summed E-state index contributed by atoms with van der Waals surface area (Å²) in [5.74, 6) is -1.45. The Labute approximate surface area is 161 Å². The molecular weight excluding hydrogens is 364 g/mol. The molecule has 8 heteroatoms. The summed E-state index contributed by atoms with van der Waals surface area (Å²) in [6.07, 6.45) is 2.11. The molecule has 3 heterocycles. The summed E-state index contributed by atoms with van der Waals surface area (Å²) in [5.41, 5.74) is -0.622. The quantitative estimate of drug-likeness (QED) is 0.867. The van der Waals surface area contributed by atoms with Gasteiger partial charge in [0.05, 0.1) is 12.9 Å². The molecule has 1 N–H and O–H groups in total. The van der Waals surface area contributed by atoms with Crippen LogP contribution in [0.2, 0.25) is 0 Å². The van der Waals surface area contributed by atoms with Crippen molar-refractivity contribution < 1.29 is 28.6 Å². The highest BCUT2D eigenvalue weighted by Crippen LogP contribution is 2.38. The van der Waals surface area contributed by atoms with Crippen LogP contribution in [0.15, 0.2) is 53.1 Å². The van der Waals surface area contributed by atoms with Gasteiger partial charge in [0, 0.05) is 31.5 Å². The van der Waals surface area contributed by atoms with E-state index in [1.54, 1.807) is 47.4 Å². The van der Waals surface area contributed by atoms with Gasteiger partial charge >= 0.3 is 5.97 Å². The fraction of sp³-hybridized carbons (Fsp3) is 0.350. The van der Waals surface area contributed by atoms with Gasteiger partial charge in [-0.25, -0.2) is 4.79 Å². The first-order chi connectivity index (χ1) is 13.5. The number of hydrogen-bond donors (Lipinski definition) is 1. The Kier molecular flexibility index (Phi) is 4.64. The Morgan fingerprint density at radius 2 is 1.71 bits per heavy atom. The molecule has 1 aromatic carbocycles. The second-order valence-corrected chi connectivity index (χ2v) is 6.92. The fourth-order valence-corrected chi connectivity index (χ4v) is 3.89. The summed E-state index contributed by atoms with van der Waals surface area (Å²) in [5, 5.41) is 9.61. The van der Waals surface area contributed by atoms with Gasteiger partial charge < -0.3 is 19.2 Å². The molecule has 2 aromatic rings. The molecule has 1 spiro atoms. The molecule has 2 fully saturated rings. The maximum atomic E-state index is 13.1. The molecule has 8 nitrogen and oxygen atoms in total. The smallest absolute Gasteiger partial charge is 0.328 e. The number of carboxylic acids is 1. The maximum absolute atomic E-state index is 13.1. The van der Waals surface area contributed by atoms with E-state index < -0.39 is 17.7 Å². The molecule has 28 heavy (non-hydrogen) atoms. The fourth-order valence-electron chi connectivity index (χ4n) is 3.89. The average Bonchev–Trinajstić information content (AvgIpc) is 3.37. The lowest BCUT2D eigenvalue weighted by Crippen LogP contribution is -2.58. The number of carbonyl (C=O) groups is 3. The highest BCUT2D eigenvalue weighted by atomic mass is 16.5. The normalized spacial score (nSPS) is 21.1. The zero-order chi connectivity index (χ0) is 19.7. The number of carbonyl (C=O) groups excluding carboxylic acids is 2. The van der Waals surface area contributed by atoms with Gasteiger partial charge in [0.1, 0.15) is 5.72 Å². The zero-order valence-corrected chi connectivity index (χ0v) is 15.1. The lowest BCUT2D eigenvalue weighted by atomic mass is 9.96. The van der Waals surface area contributed by atoms with Gasteiger partial charge in [-0.3, -0.25) is 14.5 Å². The van der Waals surface area contributed by atoms with Crippen LogP contribution in [-0.2, 0) is 9.53 Å². The van der Waals surface area contributed by atoms with E-state index in [2.05, 4.69) is 0 Å². The van der Waals surface area contributed by atoms with E-state index in [1.165, 1.54) is 11.2 Å². The van der Waals surface area contributed by atoms with Crippen molar-refractivity contribution in [2.45, 2.75) is 24.6 Å². The molecule has 2 amide bonds. The van der Waals surface area contributed by atoms with Crippen molar-refractivity contribution in [3.8, 4) is 0 Å². The Balaban J connectivity index is 1.57. The van der Waals surface area contributed by atoms with Gasteiger partial charge in [-0.2, -0.15) is 0 Å². The molecule has 146 valence electrons. The summed E-state index contributed by atoms with van der Waals surface area (Å²) in [4.78, 5) is 40.3. The first kappa shape index (κ1) is 18.2. The number of hydrogen-bond acceptors (Lipinski definition) is 5. The van der Waals surface area contributed by atoms with Crippen LogP contribution in [0.5, 0.6) is 0 Å². The summed E-state index contributed by atoms with van der Waals surface area (Å²) >= 11 is 0. The van der Waals surface area contributed by atoms with Crippen LogP contribution >= 0.6 is 0 Å². The summed E-state index contributed by atoms with van der Waals surface area (Å²) in [6.45, 7) is 0.606. The number of ether oxygens (including phenoxy) is 1. The van der Waals surface area contributed by atoms with Crippen LogP contribution in [0.3, 0.4) is 0 Å². The number of piperidine rings is 1. The van der Waals surface area contributed by atoms with Gasteiger partial charge in [0.2, 0.25) is 0 Å². The molecule has 2 aliphatic heterocycles. The van der Waals surface area contributed by atoms with E-state index in [0.717, 1.165) is 0 Å². The third kappa shape index (κ3) is 3.05. The van der Waals surface area contributed by atoms with E-state index in [4.69, 9.17) is 9.15 Å². The van der Waals surface area contributed by atoms with Gasteiger partial charge in [-0.05, 0) is 24.3 Å². The number of benzene rings is 1. The minimum Gasteiger partial charge on any atom is -0.480 e. The van der Waals surface area contributed by atoms with Crippen LogP contribution < -0.4 is 0 Å². The molecule has 0 unspecified atom stereocenters. The van der Waals surface area contributed by atoms with Gasteiger partial charge in [0.15, 0.2) is 11.8 Å². The Morgan fingerprint density at radius 1 is 1.00 bits per heavy atom. The Hall–Kier alpha value is -3.13. The number of likely N-dealkylation sites (tertiary alicyclic amines) is 1. The highest BCUT2D eigenvalue weighted by molar-refractivity contribution is 5.97. The molecule has 0 bridgehead atoms. The molecule has 2 saturated heterocycles. The largest absolute Gasteiger partial charge is 0.480 e. The van der Waals surface area contributed by atoms with Crippen molar-refractivity contribution in [1.82, 2.24) is 9.80 Å². The molecule has 1 atom stereocenters. The minimum atomic E-state index is -1.10. The number of carboxylic acid groups (broad SMARTS) is 1. The Morgan fingerprint density at radius 3 is 2.32 bits per heavy atom. The molecular formula is C20H20N2O6. The van der Waals surface area contributed by atoms with Crippen LogP contribution in [0.1, 0.15) is 33.8 Å². The summed E-state index contributed by atoms with van der Waals surface area (Å²) in [6, 6.07) is 10.8. The molecule has 0 aliphatic carbocycles. The van der Waals surface area contributed by atoms with Gasteiger partial charge in [0.25, 0.3) is 11.8 Å².